The van der Waals surface area contributed by atoms with Crippen molar-refractivity contribution in [2.45, 2.75) is 6.54 Å². The summed E-state index contributed by atoms with van der Waals surface area (Å²) in [6.45, 7) is 3.99. The fourth-order valence-corrected chi connectivity index (χ4v) is 2.68. The molecule has 10 nitrogen and oxygen atoms in total. The number of para-hydroxylation sites is 2. The molecule has 1 aliphatic rings. The molecule has 0 unspecified atom stereocenters. The lowest BCUT2D eigenvalue weighted by Gasteiger charge is -2.30. The zero-order chi connectivity index (χ0) is 21.8. The molecule has 0 atom stereocenters. The Morgan fingerprint density at radius 1 is 1.03 bits per heavy atom. The minimum atomic E-state index is -1.82. The monoisotopic (exact) mass is 416 g/mol. The van der Waals surface area contributed by atoms with Crippen LogP contribution < -0.4 is 15.5 Å². The first-order chi connectivity index (χ1) is 14.5. The van der Waals surface area contributed by atoms with E-state index in [2.05, 4.69) is 20.5 Å². The van der Waals surface area contributed by atoms with E-state index < -0.39 is 11.9 Å². The first kappa shape index (κ1) is 22.8. The maximum Gasteiger partial charge on any atom is 0.414 e. The number of morpholine rings is 1. The van der Waals surface area contributed by atoms with Crippen molar-refractivity contribution in [3.63, 3.8) is 0 Å². The van der Waals surface area contributed by atoms with Crippen molar-refractivity contribution in [3.05, 3.63) is 54.4 Å². The molecule has 0 aliphatic carbocycles. The van der Waals surface area contributed by atoms with Crippen molar-refractivity contribution >= 4 is 29.2 Å². The Hall–Kier alpha value is -3.50. The number of hydrogen-bond acceptors (Lipinski definition) is 7. The molecular weight excluding hydrogens is 392 g/mol. The van der Waals surface area contributed by atoms with Crippen molar-refractivity contribution in [2.24, 2.45) is 0 Å². The number of pyridine rings is 1. The van der Waals surface area contributed by atoms with Gasteiger partial charge in [0.1, 0.15) is 0 Å². The van der Waals surface area contributed by atoms with Gasteiger partial charge in [-0.1, -0.05) is 18.2 Å². The van der Waals surface area contributed by atoms with Crippen molar-refractivity contribution in [1.82, 2.24) is 10.3 Å². The molecule has 3 rings (SSSR count). The third kappa shape index (κ3) is 7.86. The smallest absolute Gasteiger partial charge is 0.414 e. The van der Waals surface area contributed by atoms with Crippen molar-refractivity contribution in [1.29, 1.82) is 0 Å². The van der Waals surface area contributed by atoms with Gasteiger partial charge in [0.25, 0.3) is 0 Å². The number of nitrogens with one attached hydrogen (secondary N) is 2. The Labute approximate surface area is 173 Å². The van der Waals surface area contributed by atoms with Crippen LogP contribution >= 0.6 is 0 Å². The summed E-state index contributed by atoms with van der Waals surface area (Å²) in [7, 11) is 0. The average Bonchev–Trinajstić information content (AvgIpc) is 2.76. The summed E-state index contributed by atoms with van der Waals surface area (Å²) in [4.78, 5) is 36.7. The number of amides is 1. The maximum absolute atomic E-state index is 12.2. The van der Waals surface area contributed by atoms with Gasteiger partial charge >= 0.3 is 11.9 Å². The molecule has 4 N–H and O–H groups in total. The minimum absolute atomic E-state index is 0.0559. The second-order valence-corrected chi connectivity index (χ2v) is 6.24. The highest BCUT2D eigenvalue weighted by Gasteiger charge is 2.15. The van der Waals surface area contributed by atoms with Gasteiger partial charge in [-0.05, 0) is 23.8 Å². The van der Waals surface area contributed by atoms with Crippen LogP contribution in [-0.2, 0) is 25.7 Å². The number of benzene rings is 1. The predicted octanol–water partition coefficient (Wildman–Crippen LogP) is 0.802. The number of aromatic nitrogens is 1. The lowest BCUT2D eigenvalue weighted by atomic mass is 10.2. The summed E-state index contributed by atoms with van der Waals surface area (Å²) < 4.78 is 5.39. The van der Waals surface area contributed by atoms with Gasteiger partial charge in [-0.15, -0.1) is 0 Å². The van der Waals surface area contributed by atoms with Crippen molar-refractivity contribution in [3.8, 4) is 0 Å². The quantitative estimate of drug-likeness (QED) is 0.503. The number of aliphatic carboxylic acids is 2. The van der Waals surface area contributed by atoms with Crippen LogP contribution in [0.2, 0.25) is 0 Å². The molecule has 1 amide bonds. The second kappa shape index (κ2) is 12.1. The van der Waals surface area contributed by atoms with E-state index in [1.807, 2.05) is 36.4 Å². The number of carbonyl (C=O) groups is 3. The molecule has 2 heterocycles. The standard InChI is InChI=1S/C18H22N4O2.C2H2O4/c23-18(14-20-13-15-4-3-7-19-12-15)21-16-5-1-2-6-17(16)22-8-10-24-11-9-22;3-1(4)2(5)6/h1-7,12,20H,8-11,13-14H2,(H,21,23);(H,3,4)(H,5,6). The Kier molecular flexibility index (Phi) is 9.22. The van der Waals surface area contributed by atoms with Gasteiger partial charge in [0.15, 0.2) is 0 Å². The van der Waals surface area contributed by atoms with E-state index in [9.17, 15) is 4.79 Å². The molecule has 1 aliphatic heterocycles. The van der Waals surface area contributed by atoms with E-state index in [0.717, 1.165) is 43.2 Å². The molecule has 0 radical (unpaired) electrons. The van der Waals surface area contributed by atoms with E-state index >= 15 is 0 Å². The third-order valence-electron chi connectivity index (χ3n) is 4.05. The van der Waals surface area contributed by atoms with Gasteiger partial charge in [0.05, 0.1) is 31.1 Å². The van der Waals surface area contributed by atoms with Gasteiger partial charge in [-0.2, -0.15) is 0 Å². The molecule has 1 aromatic carbocycles. The summed E-state index contributed by atoms with van der Waals surface area (Å²) >= 11 is 0. The molecule has 0 saturated carbocycles. The molecule has 30 heavy (non-hydrogen) atoms. The number of ether oxygens (including phenoxy) is 1. The zero-order valence-electron chi connectivity index (χ0n) is 16.3. The fourth-order valence-electron chi connectivity index (χ4n) is 2.68. The highest BCUT2D eigenvalue weighted by molar-refractivity contribution is 6.27. The van der Waals surface area contributed by atoms with Crippen LogP contribution in [0.15, 0.2) is 48.8 Å². The van der Waals surface area contributed by atoms with Gasteiger partial charge in [-0.25, -0.2) is 9.59 Å². The van der Waals surface area contributed by atoms with E-state index in [-0.39, 0.29) is 12.5 Å². The summed E-state index contributed by atoms with van der Waals surface area (Å²) in [5.74, 6) is -3.70. The Balaban J connectivity index is 0.000000469. The number of rotatable bonds is 6. The van der Waals surface area contributed by atoms with Gasteiger partial charge in [0, 0.05) is 32.0 Å². The van der Waals surface area contributed by atoms with Crippen LogP contribution in [0.1, 0.15) is 5.56 Å². The fraction of sp³-hybridized carbons (Fsp3) is 0.300. The second-order valence-electron chi connectivity index (χ2n) is 6.24. The maximum atomic E-state index is 12.2. The number of carboxylic acids is 2. The van der Waals surface area contributed by atoms with Gasteiger partial charge in [0.2, 0.25) is 5.91 Å². The molecule has 0 bridgehead atoms. The number of anilines is 2. The number of nitrogens with zero attached hydrogens (tertiary/aromatic N) is 2. The summed E-state index contributed by atoms with van der Waals surface area (Å²) in [6, 6.07) is 11.7. The Morgan fingerprint density at radius 2 is 1.73 bits per heavy atom. The average molecular weight is 416 g/mol. The molecular formula is C20H24N4O6. The third-order valence-corrected chi connectivity index (χ3v) is 4.05. The molecule has 1 fully saturated rings. The molecule has 160 valence electrons. The van der Waals surface area contributed by atoms with Crippen molar-refractivity contribution in [2.75, 3.05) is 43.1 Å². The number of hydrogen-bond donors (Lipinski definition) is 4. The molecule has 2 aromatic rings. The van der Waals surface area contributed by atoms with Crippen LogP contribution in [0, 0.1) is 0 Å². The summed E-state index contributed by atoms with van der Waals surface area (Å²) in [5, 5.41) is 20.9. The predicted molar refractivity (Wildman–Crippen MR) is 109 cm³/mol. The Bertz CT molecular complexity index is 828. The van der Waals surface area contributed by atoms with Gasteiger partial charge < -0.3 is 30.5 Å². The SMILES string of the molecule is O=C(CNCc1cccnc1)Nc1ccccc1N1CCOCC1.O=C(O)C(=O)O. The van der Waals surface area contributed by atoms with E-state index in [4.69, 9.17) is 24.5 Å². The van der Waals surface area contributed by atoms with E-state index in [1.165, 1.54) is 0 Å². The molecule has 1 saturated heterocycles. The van der Waals surface area contributed by atoms with Crippen LogP contribution in [-0.4, -0.2) is 65.9 Å². The van der Waals surface area contributed by atoms with E-state index in [1.54, 1.807) is 12.4 Å². The highest BCUT2D eigenvalue weighted by atomic mass is 16.5. The normalized spacial score (nSPS) is 13.0. The van der Waals surface area contributed by atoms with Crippen LogP contribution in [0.3, 0.4) is 0 Å². The highest BCUT2D eigenvalue weighted by Crippen LogP contribution is 2.26. The molecule has 1 aromatic heterocycles. The molecule has 10 heteroatoms. The van der Waals surface area contributed by atoms with Gasteiger partial charge in [-0.3, -0.25) is 9.78 Å². The lowest BCUT2D eigenvalue weighted by molar-refractivity contribution is -0.159. The molecule has 0 spiro atoms. The Morgan fingerprint density at radius 3 is 2.37 bits per heavy atom. The largest absolute Gasteiger partial charge is 0.473 e. The van der Waals surface area contributed by atoms with Crippen molar-refractivity contribution < 1.29 is 29.3 Å². The zero-order valence-corrected chi connectivity index (χ0v) is 16.3. The summed E-state index contributed by atoms with van der Waals surface area (Å²) in [6.07, 6.45) is 3.53. The topological polar surface area (TPSA) is 141 Å². The summed E-state index contributed by atoms with van der Waals surface area (Å²) in [5.41, 5.74) is 2.94. The minimum Gasteiger partial charge on any atom is -0.473 e. The number of carboxylic acid groups (broad SMARTS) is 2. The van der Waals surface area contributed by atoms with Crippen LogP contribution in [0.5, 0.6) is 0 Å². The first-order valence-corrected chi connectivity index (χ1v) is 9.24. The lowest BCUT2D eigenvalue weighted by Crippen LogP contribution is -2.37. The van der Waals surface area contributed by atoms with Crippen LogP contribution in [0.25, 0.3) is 0 Å². The first-order valence-electron chi connectivity index (χ1n) is 9.24. The van der Waals surface area contributed by atoms with E-state index in [0.29, 0.717) is 6.54 Å². The number of carbonyl (C=O) groups excluding carboxylic acids is 1. The van der Waals surface area contributed by atoms with Crippen LogP contribution in [0.4, 0.5) is 11.4 Å².